The van der Waals surface area contributed by atoms with E-state index in [4.69, 9.17) is 5.11 Å². The first-order valence-corrected chi connectivity index (χ1v) is 10.00. The molecule has 0 spiro atoms. The van der Waals surface area contributed by atoms with Crippen LogP contribution in [0.1, 0.15) is 37.7 Å². The van der Waals surface area contributed by atoms with Crippen LogP contribution < -0.4 is 5.32 Å². The average Bonchev–Trinajstić information content (AvgIpc) is 2.69. The number of hydrogen-bond acceptors (Lipinski definition) is 5. The zero-order valence-electron chi connectivity index (χ0n) is 15.6. The van der Waals surface area contributed by atoms with Crippen molar-refractivity contribution in [3.8, 4) is 0 Å². The zero-order chi connectivity index (χ0) is 18.2. The lowest BCUT2D eigenvalue weighted by molar-refractivity contribution is -0.127. The van der Waals surface area contributed by atoms with Crippen LogP contribution in [0.4, 0.5) is 0 Å². The van der Waals surface area contributed by atoms with Gasteiger partial charge >= 0.3 is 0 Å². The Labute approximate surface area is 156 Å². The minimum atomic E-state index is 0.109. The van der Waals surface area contributed by atoms with Crippen LogP contribution in [0.25, 0.3) is 0 Å². The molecule has 0 radical (unpaired) electrons. The Hall–Kier alpha value is -1.50. The van der Waals surface area contributed by atoms with E-state index in [0.29, 0.717) is 19.0 Å². The van der Waals surface area contributed by atoms with Crippen molar-refractivity contribution in [2.24, 2.45) is 5.92 Å². The lowest BCUT2D eigenvalue weighted by Gasteiger charge is -2.42. The molecule has 26 heavy (non-hydrogen) atoms. The fourth-order valence-corrected chi connectivity index (χ4v) is 4.18. The van der Waals surface area contributed by atoms with Crippen molar-refractivity contribution in [2.75, 3.05) is 39.3 Å². The van der Waals surface area contributed by atoms with Gasteiger partial charge in [-0.15, -0.1) is 0 Å². The minimum absolute atomic E-state index is 0.109. The van der Waals surface area contributed by atoms with Crippen molar-refractivity contribution >= 4 is 5.91 Å². The standard InChI is InChI=1S/C20H32N4O2/c25-14-2-8-22-20(26)18-3-1-11-24(16-18)19-6-12-23(13-7-19)15-17-4-9-21-10-5-17/h4-5,9-10,18-19,25H,1-3,6-8,11-16H2,(H,22,26)/t18-/m0/s1. The van der Waals surface area contributed by atoms with Gasteiger partial charge in [0.05, 0.1) is 5.92 Å². The van der Waals surface area contributed by atoms with Crippen molar-refractivity contribution in [3.63, 3.8) is 0 Å². The Morgan fingerprint density at radius 2 is 1.96 bits per heavy atom. The fraction of sp³-hybridized carbons (Fsp3) is 0.700. The van der Waals surface area contributed by atoms with Crippen LogP contribution in [0, 0.1) is 5.92 Å². The molecule has 0 aromatic carbocycles. The summed E-state index contributed by atoms with van der Waals surface area (Å²) >= 11 is 0. The van der Waals surface area contributed by atoms with E-state index in [-0.39, 0.29) is 18.4 Å². The van der Waals surface area contributed by atoms with Gasteiger partial charge in [0.25, 0.3) is 0 Å². The van der Waals surface area contributed by atoms with Crippen molar-refractivity contribution in [1.82, 2.24) is 20.1 Å². The number of hydrogen-bond donors (Lipinski definition) is 2. The third-order valence-electron chi connectivity index (χ3n) is 5.69. The maximum absolute atomic E-state index is 12.3. The first-order valence-electron chi connectivity index (χ1n) is 10.00. The monoisotopic (exact) mass is 360 g/mol. The minimum Gasteiger partial charge on any atom is -0.396 e. The van der Waals surface area contributed by atoms with E-state index < -0.39 is 0 Å². The van der Waals surface area contributed by atoms with Crippen molar-refractivity contribution < 1.29 is 9.90 Å². The summed E-state index contributed by atoms with van der Waals surface area (Å²) in [6.07, 6.45) is 8.83. The molecular weight excluding hydrogens is 328 g/mol. The molecule has 2 aliphatic rings. The molecule has 6 heteroatoms. The molecule has 0 unspecified atom stereocenters. The molecule has 3 heterocycles. The van der Waals surface area contributed by atoms with Gasteiger partial charge in [-0.05, 0) is 69.4 Å². The number of piperidine rings is 2. The second kappa shape index (κ2) is 10.00. The number of rotatable bonds is 7. The molecule has 0 aliphatic carbocycles. The van der Waals surface area contributed by atoms with E-state index in [2.05, 4.69) is 32.2 Å². The first-order chi connectivity index (χ1) is 12.8. The number of aromatic nitrogens is 1. The smallest absolute Gasteiger partial charge is 0.224 e. The molecule has 144 valence electrons. The van der Waals surface area contributed by atoms with E-state index in [1.807, 2.05) is 12.4 Å². The van der Waals surface area contributed by atoms with E-state index in [1.165, 1.54) is 18.4 Å². The first kappa shape index (κ1) is 19.3. The van der Waals surface area contributed by atoms with Crippen molar-refractivity contribution in [2.45, 2.75) is 44.7 Å². The van der Waals surface area contributed by atoms with Crippen LogP contribution in [0.3, 0.4) is 0 Å². The summed E-state index contributed by atoms with van der Waals surface area (Å²) in [6.45, 7) is 5.97. The highest BCUT2D eigenvalue weighted by Gasteiger charge is 2.31. The van der Waals surface area contributed by atoms with Crippen molar-refractivity contribution in [1.29, 1.82) is 0 Å². The highest BCUT2D eigenvalue weighted by Crippen LogP contribution is 2.24. The molecule has 1 amide bonds. The number of amides is 1. The fourth-order valence-electron chi connectivity index (χ4n) is 4.18. The predicted molar refractivity (Wildman–Crippen MR) is 102 cm³/mol. The third kappa shape index (κ3) is 5.50. The highest BCUT2D eigenvalue weighted by atomic mass is 16.3. The van der Waals surface area contributed by atoms with E-state index >= 15 is 0 Å². The number of carbonyl (C=O) groups excluding carboxylic acids is 1. The summed E-state index contributed by atoms with van der Waals surface area (Å²) < 4.78 is 0. The highest BCUT2D eigenvalue weighted by molar-refractivity contribution is 5.78. The summed E-state index contributed by atoms with van der Waals surface area (Å²) in [5.74, 6) is 0.274. The maximum Gasteiger partial charge on any atom is 0.224 e. The van der Waals surface area contributed by atoms with E-state index in [9.17, 15) is 4.79 Å². The summed E-state index contributed by atoms with van der Waals surface area (Å²) in [4.78, 5) is 21.5. The van der Waals surface area contributed by atoms with Crippen LogP contribution in [-0.2, 0) is 11.3 Å². The Morgan fingerprint density at radius 3 is 2.69 bits per heavy atom. The molecule has 1 aromatic heterocycles. The van der Waals surface area contributed by atoms with Gasteiger partial charge in [-0.25, -0.2) is 0 Å². The topological polar surface area (TPSA) is 68.7 Å². The molecule has 6 nitrogen and oxygen atoms in total. The van der Waals surface area contributed by atoms with Gasteiger partial charge in [-0.3, -0.25) is 19.6 Å². The molecule has 2 aliphatic heterocycles. The van der Waals surface area contributed by atoms with Gasteiger partial charge in [0.2, 0.25) is 5.91 Å². The number of aliphatic hydroxyl groups is 1. The predicted octanol–water partition coefficient (Wildman–Crippen LogP) is 1.26. The Bertz CT molecular complexity index is 546. The van der Waals surface area contributed by atoms with Gasteiger partial charge in [0.1, 0.15) is 0 Å². The largest absolute Gasteiger partial charge is 0.396 e. The van der Waals surface area contributed by atoms with Crippen LogP contribution in [0.2, 0.25) is 0 Å². The Morgan fingerprint density at radius 1 is 1.19 bits per heavy atom. The second-order valence-electron chi connectivity index (χ2n) is 7.57. The Balaban J connectivity index is 1.43. The molecule has 2 saturated heterocycles. The zero-order valence-corrected chi connectivity index (χ0v) is 15.6. The van der Waals surface area contributed by atoms with Crippen LogP contribution >= 0.6 is 0 Å². The van der Waals surface area contributed by atoms with Crippen LogP contribution in [0.15, 0.2) is 24.5 Å². The van der Waals surface area contributed by atoms with Crippen LogP contribution in [0.5, 0.6) is 0 Å². The molecular formula is C20H32N4O2. The number of aliphatic hydroxyl groups excluding tert-OH is 1. The number of likely N-dealkylation sites (tertiary alicyclic amines) is 2. The molecule has 0 saturated carbocycles. The van der Waals surface area contributed by atoms with Gasteiger partial charge in [-0.1, -0.05) is 0 Å². The Kier molecular flexibility index (Phi) is 7.41. The van der Waals surface area contributed by atoms with Crippen molar-refractivity contribution in [3.05, 3.63) is 30.1 Å². The molecule has 2 N–H and O–H groups in total. The molecule has 1 aromatic rings. The molecule has 3 rings (SSSR count). The third-order valence-corrected chi connectivity index (χ3v) is 5.69. The SMILES string of the molecule is O=C(NCCCO)[C@H]1CCCN(C2CCN(Cc3ccncc3)CC2)C1. The average molecular weight is 361 g/mol. The number of pyridine rings is 1. The molecule has 0 bridgehead atoms. The number of carbonyl (C=O) groups is 1. The summed E-state index contributed by atoms with van der Waals surface area (Å²) in [6, 6.07) is 4.80. The molecule has 1 atom stereocenters. The quantitative estimate of drug-likeness (QED) is 0.717. The summed E-state index contributed by atoms with van der Waals surface area (Å²) in [5.41, 5.74) is 1.33. The maximum atomic E-state index is 12.3. The summed E-state index contributed by atoms with van der Waals surface area (Å²) in [5, 5.41) is 11.8. The lowest BCUT2D eigenvalue weighted by atomic mass is 9.93. The van der Waals surface area contributed by atoms with Gasteiger partial charge in [0, 0.05) is 44.7 Å². The van der Waals surface area contributed by atoms with Crippen LogP contribution in [-0.4, -0.2) is 71.2 Å². The number of nitrogens with zero attached hydrogens (tertiary/aromatic N) is 3. The lowest BCUT2D eigenvalue weighted by Crippen LogP contribution is -2.50. The second-order valence-corrected chi connectivity index (χ2v) is 7.57. The normalized spacial score (nSPS) is 23.0. The van der Waals surface area contributed by atoms with Gasteiger partial charge in [0.15, 0.2) is 0 Å². The van der Waals surface area contributed by atoms with E-state index in [1.54, 1.807) is 0 Å². The number of nitrogens with one attached hydrogen (secondary N) is 1. The van der Waals surface area contributed by atoms with Gasteiger partial charge < -0.3 is 10.4 Å². The van der Waals surface area contributed by atoms with E-state index in [0.717, 1.165) is 45.6 Å². The molecule has 2 fully saturated rings. The summed E-state index contributed by atoms with van der Waals surface area (Å²) in [7, 11) is 0. The van der Waals surface area contributed by atoms with Gasteiger partial charge in [-0.2, -0.15) is 0 Å².